The summed E-state index contributed by atoms with van der Waals surface area (Å²) in [7, 11) is 0. The third-order valence-corrected chi connectivity index (χ3v) is 7.22. The van der Waals surface area contributed by atoms with Gasteiger partial charge in [0.15, 0.2) is 5.13 Å². The molecule has 0 saturated carbocycles. The van der Waals surface area contributed by atoms with Gasteiger partial charge in [-0.05, 0) is 30.3 Å². The number of anilines is 2. The van der Waals surface area contributed by atoms with Crippen LogP contribution in [0, 0.1) is 0 Å². The number of hydrogen-bond acceptors (Lipinski definition) is 6. The van der Waals surface area contributed by atoms with E-state index in [4.69, 9.17) is 23.2 Å². The van der Waals surface area contributed by atoms with Gasteiger partial charge in [0.2, 0.25) is 5.91 Å². The molecule has 1 aliphatic rings. The minimum atomic E-state index is -0.295. The summed E-state index contributed by atoms with van der Waals surface area (Å²) in [6, 6.07) is 14.7. The van der Waals surface area contributed by atoms with Gasteiger partial charge in [-0.3, -0.25) is 9.59 Å². The van der Waals surface area contributed by atoms with Crippen LogP contribution in [0.2, 0.25) is 10.0 Å². The maximum atomic E-state index is 13.5. The maximum absolute atomic E-state index is 13.5. The molecule has 1 aromatic heterocycles. The topological polar surface area (TPSA) is 68.8 Å². The molecule has 3 aromatic rings. The maximum Gasteiger partial charge on any atom is 0.274 e. The van der Waals surface area contributed by atoms with E-state index in [-0.39, 0.29) is 24.1 Å². The highest BCUT2D eigenvalue weighted by Gasteiger charge is 2.26. The Kier molecular flexibility index (Phi) is 8.62. The first-order chi connectivity index (χ1) is 16.9. The normalized spacial score (nSPS) is 14.1. The van der Waals surface area contributed by atoms with Gasteiger partial charge in [0.1, 0.15) is 12.2 Å². The van der Waals surface area contributed by atoms with Crippen molar-refractivity contribution in [3.05, 3.63) is 75.2 Å². The van der Waals surface area contributed by atoms with Gasteiger partial charge in [-0.1, -0.05) is 60.5 Å². The Bertz CT molecular complexity index is 1170. The lowest BCUT2D eigenvalue weighted by atomic mass is 10.2. The van der Waals surface area contributed by atoms with Crippen molar-refractivity contribution in [2.24, 2.45) is 0 Å². The first kappa shape index (κ1) is 25.4. The van der Waals surface area contributed by atoms with Gasteiger partial charge >= 0.3 is 0 Å². The van der Waals surface area contributed by atoms with Crippen LogP contribution in [-0.4, -0.2) is 70.8 Å². The van der Waals surface area contributed by atoms with Gasteiger partial charge in [0.25, 0.3) is 5.91 Å². The lowest BCUT2D eigenvalue weighted by Crippen LogP contribution is -2.51. The predicted octanol–water partition coefficient (Wildman–Crippen LogP) is 5.00. The van der Waals surface area contributed by atoms with Crippen LogP contribution in [0.5, 0.6) is 0 Å². The number of amides is 2. The van der Waals surface area contributed by atoms with Crippen molar-refractivity contribution in [1.82, 2.24) is 19.7 Å². The second kappa shape index (κ2) is 11.9. The highest BCUT2D eigenvalue weighted by Crippen LogP contribution is 2.30. The quantitative estimate of drug-likeness (QED) is 0.442. The molecule has 0 radical (unpaired) electrons. The molecule has 2 amide bonds. The molecule has 0 spiro atoms. The lowest BCUT2D eigenvalue weighted by Gasteiger charge is -2.35. The Balaban J connectivity index is 1.49. The molecular formula is C25H27Cl2N5O2S. The summed E-state index contributed by atoms with van der Waals surface area (Å²) in [6.45, 7) is 6.46. The van der Waals surface area contributed by atoms with Crippen LogP contribution in [0.4, 0.5) is 10.8 Å². The molecule has 184 valence electrons. The van der Waals surface area contributed by atoms with Gasteiger partial charge in [0.05, 0.1) is 10.7 Å². The molecule has 1 saturated heterocycles. The van der Waals surface area contributed by atoms with Gasteiger partial charge in [-0.15, -0.1) is 11.3 Å². The number of thiazole rings is 1. The molecule has 1 N–H and O–H groups in total. The van der Waals surface area contributed by atoms with Crippen LogP contribution in [0.25, 0.3) is 0 Å². The molecule has 0 unspecified atom stereocenters. The van der Waals surface area contributed by atoms with Crippen LogP contribution >= 0.6 is 34.5 Å². The van der Waals surface area contributed by atoms with Crippen molar-refractivity contribution in [3.8, 4) is 0 Å². The number of carbonyl (C=O) groups is 2. The average molecular weight is 532 g/mol. The monoisotopic (exact) mass is 531 g/mol. The van der Waals surface area contributed by atoms with Gasteiger partial charge < -0.3 is 20.0 Å². The Morgan fingerprint density at radius 2 is 1.83 bits per heavy atom. The number of nitrogens with one attached hydrogen (secondary N) is 1. The number of aromatic nitrogens is 1. The van der Waals surface area contributed by atoms with Crippen molar-refractivity contribution in [2.75, 3.05) is 44.6 Å². The standard InChI is InChI=1S/C25H27Cl2N5O2S/c1-2-30-10-12-31(13-11-30)23(33)16-32(15-18-6-4-3-5-7-18)24(34)22-17-35-25(29-22)28-21-14-19(26)8-9-20(21)27/h3-9,14,17H,2,10-13,15-16H2,1H3,(H,28,29). The van der Waals surface area contributed by atoms with E-state index in [2.05, 4.69) is 22.1 Å². The fourth-order valence-corrected chi connectivity index (χ4v) is 4.91. The van der Waals surface area contributed by atoms with Gasteiger partial charge in [-0.25, -0.2) is 4.98 Å². The lowest BCUT2D eigenvalue weighted by molar-refractivity contribution is -0.133. The fourth-order valence-electron chi connectivity index (χ4n) is 3.88. The second-order valence-corrected chi connectivity index (χ2v) is 9.95. The Morgan fingerprint density at radius 3 is 2.54 bits per heavy atom. The summed E-state index contributed by atoms with van der Waals surface area (Å²) in [5, 5.41) is 6.35. The van der Waals surface area contributed by atoms with Crippen molar-refractivity contribution >= 4 is 57.2 Å². The zero-order chi connectivity index (χ0) is 24.8. The molecule has 0 bridgehead atoms. The van der Waals surface area contributed by atoms with Gasteiger partial charge in [-0.2, -0.15) is 0 Å². The summed E-state index contributed by atoms with van der Waals surface area (Å²) in [4.78, 5) is 36.7. The minimum Gasteiger partial charge on any atom is -0.339 e. The van der Waals surface area contributed by atoms with Crippen LogP contribution in [0.15, 0.2) is 53.9 Å². The second-order valence-electron chi connectivity index (χ2n) is 8.25. The molecule has 1 fully saturated rings. The van der Waals surface area contributed by atoms with Crippen LogP contribution < -0.4 is 5.32 Å². The first-order valence-electron chi connectivity index (χ1n) is 11.4. The van der Waals surface area contributed by atoms with E-state index in [0.717, 1.165) is 25.2 Å². The minimum absolute atomic E-state index is 0.000260. The number of likely N-dealkylation sites (N-methyl/N-ethyl adjacent to an activating group) is 1. The molecule has 4 rings (SSSR count). The molecule has 7 nitrogen and oxygen atoms in total. The number of hydrogen-bond donors (Lipinski definition) is 1. The van der Waals surface area contributed by atoms with Crippen LogP contribution in [-0.2, 0) is 11.3 Å². The van der Waals surface area contributed by atoms with E-state index in [9.17, 15) is 9.59 Å². The van der Waals surface area contributed by atoms with Crippen molar-refractivity contribution in [2.45, 2.75) is 13.5 Å². The highest BCUT2D eigenvalue weighted by atomic mass is 35.5. The van der Waals surface area contributed by atoms with Crippen LogP contribution in [0.1, 0.15) is 23.0 Å². The van der Waals surface area contributed by atoms with E-state index in [1.165, 1.54) is 11.3 Å². The number of halogens is 2. The fraction of sp³-hybridized carbons (Fsp3) is 0.320. The van der Waals surface area contributed by atoms with Gasteiger partial charge in [0, 0.05) is 43.1 Å². The molecule has 2 heterocycles. The summed E-state index contributed by atoms with van der Waals surface area (Å²) in [5.41, 5.74) is 1.83. The number of piperazine rings is 1. The smallest absolute Gasteiger partial charge is 0.274 e. The zero-order valence-electron chi connectivity index (χ0n) is 19.4. The molecule has 0 aliphatic carbocycles. The molecule has 0 atom stereocenters. The van der Waals surface area contributed by atoms with E-state index < -0.39 is 0 Å². The van der Waals surface area contributed by atoms with Crippen LogP contribution in [0.3, 0.4) is 0 Å². The number of nitrogens with zero attached hydrogens (tertiary/aromatic N) is 4. The number of carbonyl (C=O) groups excluding carboxylic acids is 2. The summed E-state index contributed by atoms with van der Waals surface area (Å²) in [6.07, 6.45) is 0. The van der Waals surface area contributed by atoms with Crippen molar-refractivity contribution < 1.29 is 9.59 Å². The largest absolute Gasteiger partial charge is 0.339 e. The van der Waals surface area contributed by atoms with Crippen molar-refractivity contribution in [1.29, 1.82) is 0 Å². The highest BCUT2D eigenvalue weighted by molar-refractivity contribution is 7.14. The Labute approximate surface area is 219 Å². The molecular weight excluding hydrogens is 505 g/mol. The summed E-state index contributed by atoms with van der Waals surface area (Å²) in [5.74, 6) is -0.347. The van der Waals surface area contributed by atoms with E-state index in [0.29, 0.717) is 40.5 Å². The molecule has 35 heavy (non-hydrogen) atoms. The average Bonchev–Trinajstić information content (AvgIpc) is 3.34. The van der Waals surface area contributed by atoms with E-state index >= 15 is 0 Å². The first-order valence-corrected chi connectivity index (χ1v) is 13.1. The van der Waals surface area contributed by atoms with Crippen molar-refractivity contribution in [3.63, 3.8) is 0 Å². The molecule has 1 aliphatic heterocycles. The Hall–Kier alpha value is -2.65. The predicted molar refractivity (Wildman–Crippen MR) is 142 cm³/mol. The Morgan fingerprint density at radius 1 is 1.09 bits per heavy atom. The molecule has 10 heteroatoms. The summed E-state index contributed by atoms with van der Waals surface area (Å²) < 4.78 is 0. The third-order valence-electron chi connectivity index (χ3n) is 5.90. The van der Waals surface area contributed by atoms with E-state index in [1.807, 2.05) is 35.2 Å². The summed E-state index contributed by atoms with van der Waals surface area (Å²) >= 11 is 13.6. The number of rotatable bonds is 8. The SMILES string of the molecule is CCN1CCN(C(=O)CN(Cc2ccccc2)C(=O)c2csc(Nc3cc(Cl)ccc3Cl)n2)CC1. The zero-order valence-corrected chi connectivity index (χ0v) is 21.7. The third kappa shape index (κ3) is 6.73. The number of benzene rings is 2. The van der Waals surface area contributed by atoms with E-state index in [1.54, 1.807) is 28.5 Å². The molecule has 2 aromatic carbocycles.